The standard InChI is InChI=1S/C25H31BrN2O2/c1-18(20-10-9-19-5-2-3-6-21(19)15-20)28-24(29)17-27-25(11-13-30-14-12-25)22-7-4-8-23(26)16-22/h4,7-10,15-16,18,27H,2-3,5-6,11-14,17H2,1H3,(H,28,29). The summed E-state index contributed by atoms with van der Waals surface area (Å²) in [4.78, 5) is 12.8. The third-order valence-corrected chi connectivity index (χ3v) is 7.05. The highest BCUT2D eigenvalue weighted by atomic mass is 79.9. The van der Waals surface area contributed by atoms with Crippen molar-refractivity contribution in [2.75, 3.05) is 19.8 Å². The van der Waals surface area contributed by atoms with Crippen LogP contribution in [0.1, 0.15) is 60.9 Å². The minimum atomic E-state index is -0.228. The van der Waals surface area contributed by atoms with Crippen molar-refractivity contribution in [3.8, 4) is 0 Å². The van der Waals surface area contributed by atoms with Crippen molar-refractivity contribution in [3.05, 3.63) is 69.2 Å². The number of halogens is 1. The van der Waals surface area contributed by atoms with Gasteiger partial charge in [0.05, 0.1) is 12.6 Å². The van der Waals surface area contributed by atoms with E-state index < -0.39 is 0 Å². The molecular weight excluding hydrogens is 440 g/mol. The normalized spacial score (nSPS) is 19.0. The van der Waals surface area contributed by atoms with E-state index in [4.69, 9.17) is 4.74 Å². The lowest BCUT2D eigenvalue weighted by Gasteiger charge is -2.39. The van der Waals surface area contributed by atoms with Crippen LogP contribution in [0.4, 0.5) is 0 Å². The molecule has 2 aromatic carbocycles. The first-order chi connectivity index (χ1) is 14.6. The number of carbonyl (C=O) groups excluding carboxylic acids is 1. The van der Waals surface area contributed by atoms with Gasteiger partial charge in [-0.25, -0.2) is 0 Å². The summed E-state index contributed by atoms with van der Waals surface area (Å²) in [5.74, 6) is 0.0288. The SMILES string of the molecule is CC(NC(=O)CNC1(c2cccc(Br)c2)CCOCC1)c1ccc2c(c1)CCCC2. The first-order valence-corrected chi connectivity index (χ1v) is 11.8. The van der Waals surface area contributed by atoms with Gasteiger partial charge in [0.15, 0.2) is 0 Å². The lowest BCUT2D eigenvalue weighted by atomic mass is 9.82. The van der Waals surface area contributed by atoms with E-state index in [9.17, 15) is 4.79 Å². The summed E-state index contributed by atoms with van der Waals surface area (Å²) in [7, 11) is 0. The Morgan fingerprint density at radius 1 is 1.10 bits per heavy atom. The summed E-state index contributed by atoms with van der Waals surface area (Å²) in [5.41, 5.74) is 5.09. The first kappa shape index (κ1) is 21.5. The van der Waals surface area contributed by atoms with Crippen molar-refractivity contribution in [1.82, 2.24) is 10.6 Å². The minimum Gasteiger partial charge on any atom is -0.381 e. The second-order valence-corrected chi connectivity index (χ2v) is 9.50. The molecular formula is C25H31BrN2O2. The fraction of sp³-hybridized carbons (Fsp3) is 0.480. The van der Waals surface area contributed by atoms with Crippen LogP contribution in [0.5, 0.6) is 0 Å². The van der Waals surface area contributed by atoms with Gasteiger partial charge in [-0.05, 0) is 79.8 Å². The van der Waals surface area contributed by atoms with E-state index in [1.54, 1.807) is 0 Å². The summed E-state index contributed by atoms with van der Waals surface area (Å²) in [6.07, 6.45) is 6.61. The molecule has 1 saturated heterocycles. The van der Waals surface area contributed by atoms with E-state index in [1.807, 2.05) is 6.07 Å². The average Bonchev–Trinajstić information content (AvgIpc) is 2.78. The van der Waals surface area contributed by atoms with Gasteiger partial charge in [0.2, 0.25) is 5.91 Å². The molecule has 0 aromatic heterocycles. The molecule has 0 spiro atoms. The number of benzene rings is 2. The van der Waals surface area contributed by atoms with Crippen molar-refractivity contribution in [1.29, 1.82) is 0 Å². The second kappa shape index (κ2) is 9.63. The molecule has 1 aliphatic heterocycles. The lowest BCUT2D eigenvalue weighted by molar-refractivity contribution is -0.121. The molecule has 160 valence electrons. The Hall–Kier alpha value is -1.69. The van der Waals surface area contributed by atoms with Gasteiger partial charge in [0.25, 0.3) is 0 Å². The van der Waals surface area contributed by atoms with Crippen molar-refractivity contribution >= 4 is 21.8 Å². The fourth-order valence-corrected chi connectivity index (χ4v) is 5.12. The topological polar surface area (TPSA) is 50.4 Å². The summed E-state index contributed by atoms with van der Waals surface area (Å²) in [6.45, 7) is 3.77. The molecule has 2 aliphatic rings. The van der Waals surface area contributed by atoms with Gasteiger partial charge < -0.3 is 10.1 Å². The summed E-state index contributed by atoms with van der Waals surface area (Å²) in [6, 6.07) is 15.1. The van der Waals surface area contributed by atoms with Crippen LogP contribution in [0.25, 0.3) is 0 Å². The number of fused-ring (bicyclic) bond motifs is 1. The van der Waals surface area contributed by atoms with Crippen molar-refractivity contribution in [2.45, 2.75) is 57.0 Å². The molecule has 0 bridgehead atoms. The van der Waals surface area contributed by atoms with Crippen LogP contribution in [0.3, 0.4) is 0 Å². The molecule has 30 heavy (non-hydrogen) atoms. The number of amides is 1. The van der Waals surface area contributed by atoms with E-state index >= 15 is 0 Å². The molecule has 2 N–H and O–H groups in total. The monoisotopic (exact) mass is 470 g/mol. The predicted octanol–water partition coefficient (Wildman–Crippen LogP) is 4.80. The predicted molar refractivity (Wildman–Crippen MR) is 124 cm³/mol. The molecule has 1 amide bonds. The zero-order valence-electron chi connectivity index (χ0n) is 17.7. The Bertz CT molecular complexity index is 892. The molecule has 0 saturated carbocycles. The first-order valence-electron chi connectivity index (χ1n) is 11.1. The van der Waals surface area contributed by atoms with Crippen LogP contribution >= 0.6 is 15.9 Å². The maximum Gasteiger partial charge on any atom is 0.234 e. The smallest absolute Gasteiger partial charge is 0.234 e. The molecule has 4 nitrogen and oxygen atoms in total. The largest absolute Gasteiger partial charge is 0.381 e. The molecule has 1 unspecified atom stereocenters. The van der Waals surface area contributed by atoms with Gasteiger partial charge in [0, 0.05) is 23.2 Å². The Morgan fingerprint density at radius 3 is 2.63 bits per heavy atom. The van der Waals surface area contributed by atoms with E-state index in [-0.39, 0.29) is 17.5 Å². The van der Waals surface area contributed by atoms with E-state index in [2.05, 4.69) is 69.9 Å². The maximum atomic E-state index is 12.8. The van der Waals surface area contributed by atoms with E-state index in [0.717, 1.165) is 23.7 Å². The summed E-state index contributed by atoms with van der Waals surface area (Å²) >= 11 is 3.58. The third-order valence-electron chi connectivity index (χ3n) is 6.56. The highest BCUT2D eigenvalue weighted by molar-refractivity contribution is 9.10. The summed E-state index contributed by atoms with van der Waals surface area (Å²) < 4.78 is 6.65. The quantitative estimate of drug-likeness (QED) is 0.637. The van der Waals surface area contributed by atoms with Gasteiger partial charge >= 0.3 is 0 Å². The number of aryl methyl sites for hydroxylation is 2. The average molecular weight is 471 g/mol. The van der Waals surface area contributed by atoms with Gasteiger partial charge in [-0.3, -0.25) is 10.1 Å². The molecule has 1 atom stereocenters. The molecule has 2 aromatic rings. The van der Waals surface area contributed by atoms with Gasteiger partial charge in [0.1, 0.15) is 0 Å². The highest BCUT2D eigenvalue weighted by Gasteiger charge is 2.34. The highest BCUT2D eigenvalue weighted by Crippen LogP contribution is 2.33. The fourth-order valence-electron chi connectivity index (χ4n) is 4.72. The Morgan fingerprint density at radius 2 is 1.87 bits per heavy atom. The summed E-state index contributed by atoms with van der Waals surface area (Å²) in [5, 5.41) is 6.75. The second-order valence-electron chi connectivity index (χ2n) is 8.58. The molecule has 0 radical (unpaired) electrons. The number of carbonyl (C=O) groups is 1. The number of hydrogen-bond donors (Lipinski definition) is 2. The van der Waals surface area contributed by atoms with Crippen molar-refractivity contribution in [3.63, 3.8) is 0 Å². The van der Waals surface area contributed by atoms with Crippen LogP contribution < -0.4 is 10.6 Å². The number of hydrogen-bond acceptors (Lipinski definition) is 3. The van der Waals surface area contributed by atoms with Gasteiger partial charge in [-0.2, -0.15) is 0 Å². The van der Waals surface area contributed by atoms with E-state index in [0.29, 0.717) is 19.8 Å². The van der Waals surface area contributed by atoms with Crippen LogP contribution in [0, 0.1) is 0 Å². The van der Waals surface area contributed by atoms with Crippen LogP contribution in [-0.4, -0.2) is 25.7 Å². The maximum absolute atomic E-state index is 12.8. The van der Waals surface area contributed by atoms with Crippen molar-refractivity contribution < 1.29 is 9.53 Å². The van der Waals surface area contributed by atoms with Crippen LogP contribution in [-0.2, 0) is 27.9 Å². The Kier molecular flexibility index (Phi) is 6.91. The number of rotatable bonds is 6. The Balaban J connectivity index is 1.40. The molecule has 1 aliphatic carbocycles. The minimum absolute atomic E-state index is 0.00281. The van der Waals surface area contributed by atoms with Gasteiger partial charge in [-0.1, -0.05) is 46.3 Å². The van der Waals surface area contributed by atoms with Crippen LogP contribution in [0.15, 0.2) is 46.9 Å². The zero-order valence-corrected chi connectivity index (χ0v) is 19.3. The molecule has 1 heterocycles. The number of nitrogens with one attached hydrogen (secondary N) is 2. The lowest BCUT2D eigenvalue weighted by Crippen LogP contribution is -2.50. The third kappa shape index (κ3) is 4.96. The van der Waals surface area contributed by atoms with Crippen molar-refractivity contribution in [2.24, 2.45) is 0 Å². The zero-order chi connectivity index (χ0) is 21.0. The van der Waals surface area contributed by atoms with E-state index in [1.165, 1.54) is 41.5 Å². The molecule has 4 rings (SSSR count). The number of ether oxygens (including phenoxy) is 1. The molecule has 1 fully saturated rings. The molecule has 5 heteroatoms. The van der Waals surface area contributed by atoms with Crippen LogP contribution in [0.2, 0.25) is 0 Å². The Labute approximate surface area is 187 Å². The van der Waals surface area contributed by atoms with Gasteiger partial charge in [-0.15, -0.1) is 0 Å².